The summed E-state index contributed by atoms with van der Waals surface area (Å²) in [5, 5.41) is 4.39. The molecule has 1 aromatic heterocycles. The lowest BCUT2D eigenvalue weighted by molar-refractivity contribution is -0.132. The van der Waals surface area contributed by atoms with Gasteiger partial charge in [0.25, 0.3) is 5.91 Å². The standard InChI is InChI=1S/C24H27N3O3/c1-4-8-19-11-12-22(23(13-19)29-3)30-18-24(28)26(2)15-21-14-25-27(17-21)16-20-9-6-5-7-10-20/h4-14,17H,15-16,18H2,1-3H3. The number of allylic oxidation sites excluding steroid dienone is 1. The lowest BCUT2D eigenvalue weighted by atomic mass is 10.2. The second kappa shape index (κ2) is 10.3. The summed E-state index contributed by atoms with van der Waals surface area (Å²) < 4.78 is 13.0. The fourth-order valence-corrected chi connectivity index (χ4v) is 3.06. The van der Waals surface area contributed by atoms with Crippen molar-refractivity contribution in [1.82, 2.24) is 14.7 Å². The first kappa shape index (κ1) is 21.2. The Labute approximate surface area is 177 Å². The third kappa shape index (κ3) is 5.73. The van der Waals surface area contributed by atoms with E-state index < -0.39 is 0 Å². The number of carbonyl (C=O) groups is 1. The zero-order valence-corrected chi connectivity index (χ0v) is 17.6. The van der Waals surface area contributed by atoms with E-state index in [9.17, 15) is 4.79 Å². The molecule has 2 aromatic carbocycles. The van der Waals surface area contributed by atoms with Gasteiger partial charge in [-0.2, -0.15) is 5.10 Å². The van der Waals surface area contributed by atoms with Crippen LogP contribution in [0.5, 0.6) is 11.5 Å². The molecule has 3 aromatic rings. The molecule has 6 nitrogen and oxygen atoms in total. The Balaban J connectivity index is 1.54. The highest BCUT2D eigenvalue weighted by molar-refractivity contribution is 5.77. The minimum atomic E-state index is -0.120. The highest BCUT2D eigenvalue weighted by atomic mass is 16.5. The molecule has 0 saturated carbocycles. The van der Waals surface area contributed by atoms with Crippen LogP contribution in [0.2, 0.25) is 0 Å². The number of ether oxygens (including phenoxy) is 2. The van der Waals surface area contributed by atoms with E-state index in [1.54, 1.807) is 25.3 Å². The van der Waals surface area contributed by atoms with Gasteiger partial charge in [0.1, 0.15) is 0 Å². The first-order valence-corrected chi connectivity index (χ1v) is 9.82. The molecule has 0 bridgehead atoms. The summed E-state index contributed by atoms with van der Waals surface area (Å²) in [4.78, 5) is 14.1. The Morgan fingerprint density at radius 3 is 2.67 bits per heavy atom. The fourth-order valence-electron chi connectivity index (χ4n) is 3.06. The molecule has 1 heterocycles. The van der Waals surface area contributed by atoms with Crippen LogP contribution < -0.4 is 9.47 Å². The SMILES string of the molecule is CC=Cc1ccc(OCC(=O)N(C)Cc2cnn(Cc3ccccc3)c2)c(OC)c1. The molecule has 30 heavy (non-hydrogen) atoms. The number of hydrogen-bond donors (Lipinski definition) is 0. The molecule has 0 atom stereocenters. The monoisotopic (exact) mass is 405 g/mol. The predicted molar refractivity (Wildman–Crippen MR) is 117 cm³/mol. The van der Waals surface area contributed by atoms with Crippen LogP contribution in [0.1, 0.15) is 23.6 Å². The molecule has 0 unspecified atom stereocenters. The van der Waals surface area contributed by atoms with Crippen molar-refractivity contribution in [2.75, 3.05) is 20.8 Å². The third-order valence-corrected chi connectivity index (χ3v) is 4.62. The summed E-state index contributed by atoms with van der Waals surface area (Å²) in [5.74, 6) is 1.02. The highest BCUT2D eigenvalue weighted by Gasteiger charge is 2.13. The second-order valence-electron chi connectivity index (χ2n) is 6.98. The van der Waals surface area contributed by atoms with E-state index in [1.807, 2.05) is 66.4 Å². The van der Waals surface area contributed by atoms with E-state index in [0.29, 0.717) is 24.6 Å². The van der Waals surface area contributed by atoms with Crippen LogP contribution in [0.15, 0.2) is 67.0 Å². The van der Waals surface area contributed by atoms with Crippen LogP contribution in [-0.4, -0.2) is 41.4 Å². The van der Waals surface area contributed by atoms with E-state index in [4.69, 9.17) is 9.47 Å². The van der Waals surface area contributed by atoms with Crippen LogP contribution >= 0.6 is 0 Å². The molecular weight excluding hydrogens is 378 g/mol. The van der Waals surface area contributed by atoms with Crippen molar-refractivity contribution in [2.24, 2.45) is 0 Å². The lowest BCUT2D eigenvalue weighted by Crippen LogP contribution is -2.30. The van der Waals surface area contributed by atoms with Crippen LogP contribution in [0, 0.1) is 0 Å². The van der Waals surface area contributed by atoms with Crippen LogP contribution in [0.3, 0.4) is 0 Å². The molecule has 0 radical (unpaired) electrons. The maximum absolute atomic E-state index is 12.5. The third-order valence-electron chi connectivity index (χ3n) is 4.62. The van der Waals surface area contributed by atoms with Crippen molar-refractivity contribution >= 4 is 12.0 Å². The van der Waals surface area contributed by atoms with Crippen molar-refractivity contribution < 1.29 is 14.3 Å². The molecule has 0 aliphatic carbocycles. The average molecular weight is 405 g/mol. The normalized spacial score (nSPS) is 10.9. The number of amides is 1. The minimum absolute atomic E-state index is 0.0615. The Morgan fingerprint density at radius 2 is 1.93 bits per heavy atom. The van der Waals surface area contributed by atoms with Gasteiger partial charge in [-0.15, -0.1) is 0 Å². The Morgan fingerprint density at radius 1 is 1.13 bits per heavy atom. The van der Waals surface area contributed by atoms with Crippen molar-refractivity contribution in [3.63, 3.8) is 0 Å². The predicted octanol–water partition coefficient (Wildman–Crippen LogP) is 4.01. The van der Waals surface area contributed by atoms with Gasteiger partial charge in [-0.3, -0.25) is 9.48 Å². The molecular formula is C24H27N3O3. The van der Waals surface area contributed by atoms with Gasteiger partial charge in [0.15, 0.2) is 18.1 Å². The van der Waals surface area contributed by atoms with E-state index >= 15 is 0 Å². The van der Waals surface area contributed by atoms with E-state index in [0.717, 1.165) is 11.1 Å². The van der Waals surface area contributed by atoms with Gasteiger partial charge >= 0.3 is 0 Å². The lowest BCUT2D eigenvalue weighted by Gasteiger charge is -2.17. The van der Waals surface area contributed by atoms with Crippen molar-refractivity contribution in [3.8, 4) is 11.5 Å². The molecule has 0 spiro atoms. The van der Waals surface area contributed by atoms with Gasteiger partial charge in [-0.05, 0) is 30.2 Å². The number of aromatic nitrogens is 2. The maximum atomic E-state index is 12.5. The summed E-state index contributed by atoms with van der Waals surface area (Å²) in [6.45, 7) is 3.06. The summed E-state index contributed by atoms with van der Waals surface area (Å²) in [5.41, 5.74) is 3.16. The Kier molecular flexibility index (Phi) is 7.27. The van der Waals surface area contributed by atoms with Crippen LogP contribution in [0.4, 0.5) is 0 Å². The van der Waals surface area contributed by atoms with Crippen molar-refractivity contribution in [1.29, 1.82) is 0 Å². The van der Waals surface area contributed by atoms with E-state index in [2.05, 4.69) is 17.2 Å². The molecule has 156 valence electrons. The molecule has 0 aliphatic heterocycles. The number of likely N-dealkylation sites (N-methyl/N-ethyl adjacent to an activating group) is 1. The largest absolute Gasteiger partial charge is 0.493 e. The highest BCUT2D eigenvalue weighted by Crippen LogP contribution is 2.28. The summed E-state index contributed by atoms with van der Waals surface area (Å²) in [6.07, 6.45) is 7.68. The van der Waals surface area contributed by atoms with Crippen LogP contribution in [-0.2, 0) is 17.9 Å². The van der Waals surface area contributed by atoms with E-state index in [1.165, 1.54) is 5.56 Å². The van der Waals surface area contributed by atoms with Gasteiger partial charge in [0.2, 0.25) is 0 Å². The van der Waals surface area contributed by atoms with Crippen molar-refractivity contribution in [3.05, 3.63) is 83.7 Å². The molecule has 0 N–H and O–H groups in total. The first-order valence-electron chi connectivity index (χ1n) is 9.82. The number of carbonyl (C=O) groups excluding carboxylic acids is 1. The zero-order chi connectivity index (χ0) is 21.3. The number of hydrogen-bond acceptors (Lipinski definition) is 4. The fraction of sp³-hybridized carbons (Fsp3) is 0.250. The van der Waals surface area contributed by atoms with Gasteiger partial charge in [-0.25, -0.2) is 0 Å². The average Bonchev–Trinajstić information content (AvgIpc) is 3.19. The Bertz CT molecular complexity index is 996. The molecule has 0 fully saturated rings. The quantitative estimate of drug-likeness (QED) is 0.540. The molecule has 6 heteroatoms. The number of nitrogens with zero attached hydrogens (tertiary/aromatic N) is 3. The number of benzene rings is 2. The number of rotatable bonds is 9. The first-order chi connectivity index (χ1) is 14.6. The van der Waals surface area contributed by atoms with E-state index in [-0.39, 0.29) is 12.5 Å². The molecule has 0 aliphatic rings. The maximum Gasteiger partial charge on any atom is 0.260 e. The smallest absolute Gasteiger partial charge is 0.260 e. The summed E-state index contributed by atoms with van der Waals surface area (Å²) in [7, 11) is 3.34. The molecule has 0 saturated heterocycles. The number of methoxy groups -OCH3 is 1. The Hall–Kier alpha value is -3.54. The van der Waals surface area contributed by atoms with Gasteiger partial charge in [0, 0.05) is 25.4 Å². The molecule has 1 amide bonds. The summed E-state index contributed by atoms with van der Waals surface area (Å²) >= 11 is 0. The van der Waals surface area contributed by atoms with Crippen molar-refractivity contribution in [2.45, 2.75) is 20.0 Å². The summed E-state index contributed by atoms with van der Waals surface area (Å²) in [6, 6.07) is 15.8. The second-order valence-corrected chi connectivity index (χ2v) is 6.98. The van der Waals surface area contributed by atoms with Crippen LogP contribution in [0.25, 0.3) is 6.08 Å². The molecule has 3 rings (SSSR count). The topological polar surface area (TPSA) is 56.6 Å². The van der Waals surface area contributed by atoms with Gasteiger partial charge < -0.3 is 14.4 Å². The van der Waals surface area contributed by atoms with Gasteiger partial charge in [0.05, 0.1) is 19.9 Å². The van der Waals surface area contributed by atoms with Gasteiger partial charge in [-0.1, -0.05) is 48.6 Å². The minimum Gasteiger partial charge on any atom is -0.493 e. The zero-order valence-electron chi connectivity index (χ0n) is 17.6.